The molecule has 1 aromatic heterocycles. The number of hydrogen-bond donors (Lipinski definition) is 3. The zero-order chi connectivity index (χ0) is 18.1. The number of amides is 1. The van der Waals surface area contributed by atoms with Gasteiger partial charge in [-0.1, -0.05) is 17.7 Å². The highest BCUT2D eigenvalue weighted by Crippen LogP contribution is 2.29. The van der Waals surface area contributed by atoms with Gasteiger partial charge in [0.1, 0.15) is 11.3 Å². The highest BCUT2D eigenvalue weighted by atomic mass is 35.5. The first-order valence-corrected chi connectivity index (χ1v) is 7.72. The summed E-state index contributed by atoms with van der Waals surface area (Å²) in [6.45, 7) is 1.20. The topological polar surface area (TPSA) is 99.3 Å². The minimum absolute atomic E-state index is 0.234. The van der Waals surface area contributed by atoms with Crippen molar-refractivity contribution in [1.82, 2.24) is 4.98 Å². The molecule has 0 fully saturated rings. The monoisotopic (exact) mass is 356 g/mol. The second kappa shape index (κ2) is 6.41. The third-order valence-electron chi connectivity index (χ3n) is 3.73. The van der Waals surface area contributed by atoms with E-state index < -0.39 is 23.0 Å². The number of aromatic amines is 1. The van der Waals surface area contributed by atoms with Gasteiger partial charge in [0.25, 0.3) is 11.5 Å². The van der Waals surface area contributed by atoms with Crippen LogP contribution in [0.2, 0.25) is 5.02 Å². The minimum atomic E-state index is -0.717. The first-order valence-electron chi connectivity index (χ1n) is 7.34. The molecule has 126 valence electrons. The van der Waals surface area contributed by atoms with Crippen molar-refractivity contribution in [2.24, 2.45) is 0 Å². The lowest BCUT2D eigenvalue weighted by atomic mass is 10.1. The number of nitrogens with one attached hydrogen (secondary N) is 2. The van der Waals surface area contributed by atoms with E-state index in [1.165, 1.54) is 6.92 Å². The Balaban J connectivity index is 2.08. The Morgan fingerprint density at radius 1 is 1.12 bits per heavy atom. The zero-order valence-corrected chi connectivity index (χ0v) is 13.8. The molecule has 0 bridgehead atoms. The molecule has 1 amide bonds. The van der Waals surface area contributed by atoms with Crippen molar-refractivity contribution in [3.05, 3.63) is 69.0 Å². The van der Waals surface area contributed by atoms with Gasteiger partial charge in [0.05, 0.1) is 11.2 Å². The van der Waals surface area contributed by atoms with Gasteiger partial charge in [-0.15, -0.1) is 0 Å². The number of hydrogen-bond acceptors (Lipinski definition) is 4. The Labute approximate surface area is 147 Å². The van der Waals surface area contributed by atoms with Crippen LogP contribution in [0.1, 0.15) is 27.6 Å². The molecule has 2 aromatic carbocycles. The average molecular weight is 357 g/mol. The van der Waals surface area contributed by atoms with Crippen molar-refractivity contribution in [3.63, 3.8) is 0 Å². The van der Waals surface area contributed by atoms with Gasteiger partial charge in [-0.3, -0.25) is 14.4 Å². The molecule has 3 aromatic rings. The number of aromatic nitrogens is 1. The summed E-state index contributed by atoms with van der Waals surface area (Å²) < 4.78 is 0. The molecule has 0 aliphatic carbocycles. The van der Waals surface area contributed by atoms with Gasteiger partial charge in [-0.2, -0.15) is 0 Å². The lowest BCUT2D eigenvalue weighted by Crippen LogP contribution is -2.18. The molecule has 25 heavy (non-hydrogen) atoms. The number of aromatic hydroxyl groups is 1. The summed E-state index contributed by atoms with van der Waals surface area (Å²) in [4.78, 5) is 38.5. The van der Waals surface area contributed by atoms with Crippen molar-refractivity contribution < 1.29 is 14.7 Å². The molecule has 3 rings (SSSR count). The van der Waals surface area contributed by atoms with E-state index in [4.69, 9.17) is 11.6 Å². The molecule has 1 heterocycles. The Hall–Kier alpha value is -3.12. The van der Waals surface area contributed by atoms with Gasteiger partial charge in [0.2, 0.25) is 0 Å². The molecule has 3 N–H and O–H groups in total. The summed E-state index contributed by atoms with van der Waals surface area (Å²) in [7, 11) is 0. The summed E-state index contributed by atoms with van der Waals surface area (Å²) >= 11 is 5.80. The fourth-order valence-electron chi connectivity index (χ4n) is 2.53. The molecule has 0 radical (unpaired) electrons. The van der Waals surface area contributed by atoms with E-state index in [1.807, 2.05) is 0 Å². The summed E-state index contributed by atoms with van der Waals surface area (Å²) in [5.41, 5.74) is -0.107. The second-order valence-corrected chi connectivity index (χ2v) is 5.86. The third-order valence-corrected chi connectivity index (χ3v) is 3.98. The van der Waals surface area contributed by atoms with Gasteiger partial charge < -0.3 is 15.4 Å². The molecular formula is C18H13ClN2O4. The van der Waals surface area contributed by atoms with Crippen LogP contribution in [0, 0.1) is 0 Å². The summed E-state index contributed by atoms with van der Waals surface area (Å²) in [6, 6.07) is 11.0. The number of pyridine rings is 1. The lowest BCUT2D eigenvalue weighted by molar-refractivity contribution is 0.100. The fraction of sp³-hybridized carbons (Fsp3) is 0.0556. The molecule has 0 aliphatic heterocycles. The Morgan fingerprint density at radius 3 is 2.44 bits per heavy atom. The summed E-state index contributed by atoms with van der Waals surface area (Å²) in [5, 5.41) is 13.7. The molecular weight excluding hydrogens is 344 g/mol. The van der Waals surface area contributed by atoms with E-state index in [-0.39, 0.29) is 16.5 Å². The number of benzene rings is 2. The quantitative estimate of drug-likeness (QED) is 0.627. The van der Waals surface area contributed by atoms with Gasteiger partial charge in [-0.05, 0) is 43.3 Å². The number of carbonyl (C=O) groups excluding carboxylic acids is 2. The first-order chi connectivity index (χ1) is 11.9. The number of ketones is 1. The van der Waals surface area contributed by atoms with Gasteiger partial charge in [0, 0.05) is 16.0 Å². The smallest absolute Gasteiger partial charge is 0.263 e. The predicted octanol–water partition coefficient (Wildman–Crippen LogP) is 3.34. The SMILES string of the molecule is CC(=O)c1c(O)c2cccc(NC(=O)c3ccc(Cl)cc3)c2[nH]c1=O. The maximum absolute atomic E-state index is 12.4. The number of fused-ring (bicyclic) bond motifs is 1. The van der Waals surface area contributed by atoms with E-state index in [0.717, 1.165) is 0 Å². The van der Waals surface area contributed by atoms with Crippen LogP contribution in [0.25, 0.3) is 10.9 Å². The van der Waals surface area contributed by atoms with Crippen LogP contribution in [-0.2, 0) is 0 Å². The predicted molar refractivity (Wildman–Crippen MR) is 95.6 cm³/mol. The molecule has 0 atom stereocenters. The standard InChI is InChI=1S/C18H13ClN2O4/c1-9(22)14-16(23)12-3-2-4-13(15(12)21-18(14)25)20-17(24)10-5-7-11(19)8-6-10/h2-8H,1H3,(H,20,24)(H2,21,23,25). The molecule has 0 spiro atoms. The van der Waals surface area contributed by atoms with Crippen LogP contribution in [0.5, 0.6) is 5.75 Å². The van der Waals surface area contributed by atoms with Crippen LogP contribution in [0.15, 0.2) is 47.3 Å². The fourth-order valence-corrected chi connectivity index (χ4v) is 2.66. The molecule has 7 heteroatoms. The molecule has 0 aliphatic rings. The maximum atomic E-state index is 12.4. The number of rotatable bonds is 3. The van der Waals surface area contributed by atoms with Crippen LogP contribution < -0.4 is 10.9 Å². The molecule has 0 unspecified atom stereocenters. The third kappa shape index (κ3) is 3.12. The Bertz CT molecular complexity index is 1060. The summed E-state index contributed by atoms with van der Waals surface area (Å²) in [5.74, 6) is -1.36. The highest BCUT2D eigenvalue weighted by molar-refractivity contribution is 6.30. The Morgan fingerprint density at radius 2 is 1.80 bits per heavy atom. The summed E-state index contributed by atoms with van der Waals surface area (Å²) in [6.07, 6.45) is 0. The largest absolute Gasteiger partial charge is 0.506 e. The van der Waals surface area contributed by atoms with Gasteiger partial charge >= 0.3 is 0 Å². The first kappa shape index (κ1) is 16.7. The van der Waals surface area contributed by atoms with Crippen molar-refractivity contribution in [2.75, 3.05) is 5.32 Å². The number of halogens is 1. The number of H-pyrrole nitrogens is 1. The van der Waals surface area contributed by atoms with Crippen molar-refractivity contribution in [2.45, 2.75) is 6.92 Å². The van der Waals surface area contributed by atoms with Crippen LogP contribution in [-0.4, -0.2) is 21.8 Å². The van der Waals surface area contributed by atoms with Gasteiger partial charge in [-0.25, -0.2) is 0 Å². The second-order valence-electron chi connectivity index (χ2n) is 5.42. The van der Waals surface area contributed by atoms with Crippen LogP contribution >= 0.6 is 11.6 Å². The van der Waals surface area contributed by atoms with Crippen molar-refractivity contribution >= 4 is 39.9 Å². The number of para-hydroxylation sites is 1. The number of Topliss-reactive ketones (excluding diaryl/α,β-unsaturated/α-hetero) is 1. The average Bonchev–Trinajstić information content (AvgIpc) is 2.56. The molecule has 0 saturated heterocycles. The number of carbonyl (C=O) groups is 2. The van der Waals surface area contributed by atoms with Crippen molar-refractivity contribution in [1.29, 1.82) is 0 Å². The highest BCUT2D eigenvalue weighted by Gasteiger charge is 2.18. The van der Waals surface area contributed by atoms with Gasteiger partial charge in [0.15, 0.2) is 5.78 Å². The van der Waals surface area contributed by atoms with Crippen LogP contribution in [0.3, 0.4) is 0 Å². The molecule has 0 saturated carbocycles. The number of anilines is 1. The van der Waals surface area contributed by atoms with E-state index >= 15 is 0 Å². The maximum Gasteiger partial charge on any atom is 0.263 e. The Kier molecular flexibility index (Phi) is 4.29. The van der Waals surface area contributed by atoms with E-state index in [1.54, 1.807) is 42.5 Å². The van der Waals surface area contributed by atoms with E-state index in [2.05, 4.69) is 10.3 Å². The van der Waals surface area contributed by atoms with Crippen molar-refractivity contribution in [3.8, 4) is 5.75 Å². The molecule has 6 nitrogen and oxygen atoms in total. The zero-order valence-electron chi connectivity index (χ0n) is 13.1. The minimum Gasteiger partial charge on any atom is -0.506 e. The van der Waals surface area contributed by atoms with Crippen LogP contribution in [0.4, 0.5) is 5.69 Å². The van der Waals surface area contributed by atoms with E-state index in [0.29, 0.717) is 16.3 Å². The lowest BCUT2D eigenvalue weighted by Gasteiger charge is -2.11. The van der Waals surface area contributed by atoms with E-state index in [9.17, 15) is 19.5 Å². The normalized spacial score (nSPS) is 10.6.